The molecular weight excluding hydrogens is 1110 g/mol. The maximum atomic E-state index is 6.00. The molecule has 0 saturated heterocycles. The summed E-state index contributed by atoms with van der Waals surface area (Å²) in [4.78, 5) is 53.0. The minimum Gasteiger partial charge on any atom is -0.497 e. The number of methoxy groups -OCH3 is 2. The quantitative estimate of drug-likeness (QED) is 0.0548. The molecule has 0 saturated carbocycles. The highest BCUT2D eigenvalue weighted by Crippen LogP contribution is 2.38. The first-order valence-corrected chi connectivity index (χ1v) is 28.1. The van der Waals surface area contributed by atoms with E-state index in [1.807, 2.05) is 135 Å². The normalized spacial score (nSPS) is 11.2. The Labute approximate surface area is 493 Å². The molecule has 0 atom stereocenters. The van der Waals surface area contributed by atoms with Crippen molar-refractivity contribution in [2.24, 2.45) is 0 Å². The van der Waals surface area contributed by atoms with Gasteiger partial charge in [0.15, 0.2) is 0 Å². The fraction of sp³-hybridized carbons (Fsp3) is 0.100. The molecule has 85 heavy (non-hydrogen) atoms. The molecule has 2 aromatic carbocycles. The zero-order valence-electron chi connectivity index (χ0n) is 46.0. The van der Waals surface area contributed by atoms with Crippen LogP contribution >= 0.6 is 24.1 Å². The molecule has 0 amide bonds. The zero-order chi connectivity index (χ0) is 58.2. The molecule has 6 N–H and O–H groups in total. The number of rotatable bonds is 15. The van der Waals surface area contributed by atoms with Crippen molar-refractivity contribution in [1.82, 2.24) is 73.0 Å². The van der Waals surface area contributed by atoms with Gasteiger partial charge in [-0.3, -0.25) is 13.2 Å². The smallest absolute Gasteiger partial charge is 0.329 e. The van der Waals surface area contributed by atoms with Gasteiger partial charge in [0.2, 0.25) is 28.9 Å². The Morgan fingerprint density at radius 2 is 0.953 bits per heavy atom. The van der Waals surface area contributed by atoms with Crippen LogP contribution in [0.5, 0.6) is 17.5 Å². The minimum absolute atomic E-state index is 0.228. The van der Waals surface area contributed by atoms with Crippen LogP contribution in [0, 0.1) is 0 Å². The van der Waals surface area contributed by atoms with Crippen LogP contribution in [-0.4, -0.2) is 101 Å². The topological polar surface area (TPSA) is 281 Å². The maximum absolute atomic E-state index is 6.00. The van der Waals surface area contributed by atoms with Gasteiger partial charge in [-0.05, 0) is 108 Å². The number of anilines is 4. The van der Waals surface area contributed by atoms with Gasteiger partial charge in [0.1, 0.15) is 28.4 Å². The molecule has 0 bridgehead atoms. The molecule has 422 valence electrons. The van der Waals surface area contributed by atoms with E-state index in [1.165, 1.54) is 24.1 Å². The fourth-order valence-electron chi connectivity index (χ4n) is 9.83. The molecule has 14 aromatic rings. The van der Waals surface area contributed by atoms with Gasteiger partial charge in [-0.2, -0.15) is 4.98 Å². The maximum Gasteiger partial charge on any atom is 0.329 e. The van der Waals surface area contributed by atoms with E-state index in [9.17, 15) is 0 Å². The van der Waals surface area contributed by atoms with Gasteiger partial charge in [0, 0.05) is 108 Å². The third kappa shape index (κ3) is 11.2. The average molecular weight is 1170 g/mol. The monoisotopic (exact) mass is 1170 g/mol. The Kier molecular flexibility index (Phi) is 16.0. The molecule has 25 heteroatoms. The Balaban J connectivity index is 0.000000133. The lowest BCUT2D eigenvalue weighted by Gasteiger charge is -2.10. The summed E-state index contributed by atoms with van der Waals surface area (Å²) in [6, 6.07) is 39.4. The Morgan fingerprint density at radius 3 is 1.54 bits per heavy atom. The van der Waals surface area contributed by atoms with Crippen LogP contribution in [-0.2, 0) is 17.3 Å². The first-order chi connectivity index (χ1) is 41.8. The molecule has 14 rings (SSSR count). The lowest BCUT2D eigenvalue weighted by Crippen LogP contribution is -2.06. The van der Waals surface area contributed by atoms with Crippen LogP contribution in [0.25, 0.3) is 83.4 Å². The number of nitrogen functional groups attached to an aromatic ring is 2. The Morgan fingerprint density at radius 1 is 0.459 bits per heavy atom. The lowest BCUT2D eigenvalue weighted by molar-refractivity contribution is 0.414. The number of hydrogen-bond acceptors (Lipinski definition) is 22. The van der Waals surface area contributed by atoms with Gasteiger partial charge in [-0.15, -0.1) is 0 Å². The Bertz CT molecular complexity index is 4680. The second-order valence-electron chi connectivity index (χ2n) is 18.4. The molecule has 0 aliphatic heterocycles. The van der Waals surface area contributed by atoms with E-state index < -0.39 is 0 Å². The number of nitrogens with zero attached hydrogens (tertiary/aromatic N) is 15. The van der Waals surface area contributed by atoms with Crippen LogP contribution in [0.3, 0.4) is 0 Å². The number of aromatic nitrogens is 15. The summed E-state index contributed by atoms with van der Waals surface area (Å²) in [5, 5.41) is 10.4. The van der Waals surface area contributed by atoms with E-state index in [2.05, 4.69) is 66.5 Å². The largest absolute Gasteiger partial charge is 0.497 e. The molecule has 0 aliphatic carbocycles. The van der Waals surface area contributed by atoms with Gasteiger partial charge in [-0.1, -0.05) is 24.3 Å². The Hall–Kier alpha value is -10.8. The molecule has 12 aromatic heterocycles. The van der Waals surface area contributed by atoms with Gasteiger partial charge in [-0.25, -0.2) is 54.8 Å². The second-order valence-corrected chi connectivity index (χ2v) is 19.8. The standard InChI is InChI=1S/C30H27N7O2.C16H13N5O2S2.C14H11N7/c1-38-22-9-5-20(6-10-22)18-34-29-32-16-13-25(36-29)27-24-4-3-15-31-28(24)37-26(27)14-17-33-30(37)35-19-21-7-11-23(39-2)12-8-21;1-22-25-16-19-9-6-12-13(10-4-3-7-17-14(10)21(12)16)11-5-8-18-15(20-11)23-24-2;15-13-18-6-3-9(20-13)11-8-2-1-5-17-12(8)21-10(11)4-7-19-14(21)16/h3-17H,18-19H2,1-2H3,(H,33,35)(H,32,34,36);3-9H,1-2H3;1-7H,(H2,16,19)(H2,15,18,20). The predicted molar refractivity (Wildman–Crippen MR) is 331 cm³/mol. The number of fused-ring (bicyclic) bond motifs is 9. The van der Waals surface area contributed by atoms with Crippen molar-refractivity contribution < 1.29 is 17.8 Å². The van der Waals surface area contributed by atoms with Crippen molar-refractivity contribution in [2.75, 3.05) is 49.7 Å². The highest BCUT2D eigenvalue weighted by atomic mass is 32.2. The van der Waals surface area contributed by atoms with Crippen LogP contribution in [0.4, 0.5) is 23.8 Å². The van der Waals surface area contributed by atoms with E-state index in [1.54, 1.807) is 77.1 Å². The summed E-state index contributed by atoms with van der Waals surface area (Å²) in [7, 11) is 4.94. The van der Waals surface area contributed by atoms with Gasteiger partial charge in [0.05, 0.1) is 79.0 Å². The molecule has 0 fully saturated rings. The van der Waals surface area contributed by atoms with Gasteiger partial charge >= 0.3 is 6.01 Å². The van der Waals surface area contributed by atoms with Crippen molar-refractivity contribution in [1.29, 1.82) is 0 Å². The first kappa shape index (κ1) is 54.8. The molecule has 0 aliphatic rings. The summed E-state index contributed by atoms with van der Waals surface area (Å²) in [6.45, 7) is 1.19. The first-order valence-electron chi connectivity index (χ1n) is 26.2. The van der Waals surface area contributed by atoms with Gasteiger partial charge in [0.25, 0.3) is 0 Å². The SMILES string of the molecule is COSc1nccc2c(-c3ccnc(OSC)n3)c3cccnc3n12.COc1ccc(CNc2nccc(-c3c4cccnc4n4c(NCc5ccc(OC)cc5)nccc34)n2)cc1.Nc1nccc(-c2c3cccnc3n3c(N)nccc23)n1. The predicted octanol–water partition coefficient (Wildman–Crippen LogP) is 10.7. The lowest BCUT2D eigenvalue weighted by atomic mass is 10.1. The molecule has 0 radical (unpaired) electrons. The number of nitrogens with one attached hydrogen (secondary N) is 2. The van der Waals surface area contributed by atoms with E-state index in [-0.39, 0.29) is 5.95 Å². The summed E-state index contributed by atoms with van der Waals surface area (Å²) < 4.78 is 26.9. The molecular formula is C60H51N19O4S2. The van der Waals surface area contributed by atoms with Crippen LogP contribution in [0.1, 0.15) is 11.1 Å². The fourth-order valence-corrected chi connectivity index (χ4v) is 10.6. The number of pyridine rings is 3. The number of hydrogen-bond donors (Lipinski definition) is 4. The summed E-state index contributed by atoms with van der Waals surface area (Å²) in [5.74, 6) is 3.50. The highest BCUT2D eigenvalue weighted by molar-refractivity contribution is 7.94. The van der Waals surface area contributed by atoms with Crippen LogP contribution < -0.4 is 35.8 Å². The third-order valence-electron chi connectivity index (χ3n) is 13.5. The molecule has 23 nitrogen and oxygen atoms in total. The van der Waals surface area contributed by atoms with E-state index in [4.69, 9.17) is 39.3 Å². The third-order valence-corrected chi connectivity index (χ3v) is 14.4. The molecule has 0 unspecified atom stereocenters. The van der Waals surface area contributed by atoms with Crippen molar-refractivity contribution in [2.45, 2.75) is 18.2 Å². The number of nitrogens with two attached hydrogens (primary N) is 2. The summed E-state index contributed by atoms with van der Waals surface area (Å²) in [5.41, 5.74) is 24.2. The molecule has 0 spiro atoms. The van der Waals surface area contributed by atoms with Crippen LogP contribution in [0.15, 0.2) is 182 Å². The van der Waals surface area contributed by atoms with Crippen LogP contribution in [0.2, 0.25) is 0 Å². The van der Waals surface area contributed by atoms with Crippen molar-refractivity contribution in [3.05, 3.63) is 188 Å². The summed E-state index contributed by atoms with van der Waals surface area (Å²) >= 11 is 2.40. The molecule has 12 heterocycles. The average Bonchev–Trinajstić information content (AvgIpc) is 2.69. The van der Waals surface area contributed by atoms with Gasteiger partial charge < -0.3 is 39.9 Å². The van der Waals surface area contributed by atoms with Crippen molar-refractivity contribution in [3.63, 3.8) is 0 Å². The van der Waals surface area contributed by atoms with Crippen molar-refractivity contribution >= 4 is 97.5 Å². The highest BCUT2D eigenvalue weighted by Gasteiger charge is 2.22. The summed E-state index contributed by atoms with van der Waals surface area (Å²) in [6.07, 6.45) is 17.4. The van der Waals surface area contributed by atoms with Crippen molar-refractivity contribution in [3.8, 4) is 51.3 Å². The van der Waals surface area contributed by atoms with E-state index in [0.717, 1.165) is 106 Å². The number of benzene rings is 2. The number of ether oxygens (including phenoxy) is 2. The second kappa shape index (κ2) is 24.8. The minimum atomic E-state index is 0.228. The van der Waals surface area contributed by atoms with E-state index >= 15 is 0 Å². The van der Waals surface area contributed by atoms with E-state index in [0.29, 0.717) is 42.1 Å². The zero-order valence-corrected chi connectivity index (χ0v) is 47.6.